The van der Waals surface area contributed by atoms with Gasteiger partial charge < -0.3 is 15.5 Å². The number of aromatic nitrogens is 3. The highest BCUT2D eigenvalue weighted by Crippen LogP contribution is 2.17. The van der Waals surface area contributed by atoms with Crippen LogP contribution in [0.4, 0.5) is 5.82 Å². The van der Waals surface area contributed by atoms with Crippen LogP contribution in [0, 0.1) is 13.8 Å². The van der Waals surface area contributed by atoms with Crippen molar-refractivity contribution in [3.63, 3.8) is 0 Å². The third-order valence-electron chi connectivity index (χ3n) is 5.26. The third kappa shape index (κ3) is 5.63. The number of benzene rings is 1. The first kappa shape index (κ1) is 22.3. The number of nitrogens with zero attached hydrogens (tertiary/aromatic N) is 5. The molecule has 0 unspecified atom stereocenters. The monoisotopic (exact) mass is 419 g/mol. The van der Waals surface area contributed by atoms with Gasteiger partial charge in [0.2, 0.25) is 0 Å². The number of pyridine rings is 1. The molecule has 0 spiro atoms. The molecule has 0 amide bonds. The summed E-state index contributed by atoms with van der Waals surface area (Å²) in [5.41, 5.74) is 5.47. The lowest BCUT2D eigenvalue weighted by Crippen LogP contribution is -2.36. The molecule has 0 aliphatic rings. The Labute approximate surface area is 185 Å². The smallest absolute Gasteiger partial charge is 0.191 e. The van der Waals surface area contributed by atoms with Crippen molar-refractivity contribution in [3.8, 4) is 5.69 Å². The Kier molecular flexibility index (Phi) is 7.65. The van der Waals surface area contributed by atoms with Crippen molar-refractivity contribution in [2.75, 3.05) is 25.0 Å². The van der Waals surface area contributed by atoms with Gasteiger partial charge in [-0.25, -0.2) is 9.67 Å². The summed E-state index contributed by atoms with van der Waals surface area (Å²) in [7, 11) is 1.78. The van der Waals surface area contributed by atoms with E-state index in [0.29, 0.717) is 13.1 Å². The second-order valence-electron chi connectivity index (χ2n) is 7.44. The van der Waals surface area contributed by atoms with Gasteiger partial charge in [0.05, 0.1) is 11.4 Å². The number of anilines is 1. The van der Waals surface area contributed by atoms with E-state index in [0.717, 1.165) is 53.1 Å². The van der Waals surface area contributed by atoms with Gasteiger partial charge in [-0.3, -0.25) is 4.99 Å². The first-order chi connectivity index (χ1) is 15.0. The zero-order valence-electron chi connectivity index (χ0n) is 19.2. The van der Waals surface area contributed by atoms with Crippen LogP contribution in [0.2, 0.25) is 0 Å². The molecule has 2 heterocycles. The Balaban J connectivity index is 1.61. The molecule has 164 valence electrons. The molecule has 0 fully saturated rings. The molecule has 0 radical (unpaired) electrons. The number of para-hydroxylation sites is 1. The molecular formula is C24H33N7. The van der Waals surface area contributed by atoms with Crippen molar-refractivity contribution in [3.05, 3.63) is 71.2 Å². The first-order valence-electron chi connectivity index (χ1n) is 10.8. The molecule has 3 aromatic rings. The predicted molar refractivity (Wildman–Crippen MR) is 128 cm³/mol. The average Bonchev–Trinajstić information content (AvgIpc) is 3.13. The molecule has 1 aromatic carbocycles. The quantitative estimate of drug-likeness (QED) is 0.431. The second-order valence-corrected chi connectivity index (χ2v) is 7.44. The van der Waals surface area contributed by atoms with E-state index in [1.54, 1.807) is 7.05 Å². The van der Waals surface area contributed by atoms with E-state index in [2.05, 4.69) is 81.7 Å². The first-order valence-corrected chi connectivity index (χ1v) is 10.8. The van der Waals surface area contributed by atoms with Crippen molar-refractivity contribution in [2.24, 2.45) is 4.99 Å². The van der Waals surface area contributed by atoms with Gasteiger partial charge in [0.15, 0.2) is 5.96 Å². The van der Waals surface area contributed by atoms with Crippen LogP contribution in [0.15, 0.2) is 53.7 Å². The highest BCUT2D eigenvalue weighted by atomic mass is 15.3. The SMILES string of the molecule is CCN(CC)c1ccc(CNC(=NC)NCc2ccccc2-n2nc(C)cc2C)cn1. The molecule has 0 aliphatic carbocycles. The molecule has 3 rings (SSSR count). The number of hydrogen-bond donors (Lipinski definition) is 2. The number of rotatable bonds is 8. The van der Waals surface area contributed by atoms with Gasteiger partial charge in [-0.1, -0.05) is 24.3 Å². The van der Waals surface area contributed by atoms with Gasteiger partial charge in [-0.15, -0.1) is 0 Å². The van der Waals surface area contributed by atoms with Gasteiger partial charge in [-0.2, -0.15) is 5.10 Å². The molecule has 7 nitrogen and oxygen atoms in total. The summed E-state index contributed by atoms with van der Waals surface area (Å²) in [5, 5.41) is 11.4. The number of aliphatic imine (C=N–C) groups is 1. The van der Waals surface area contributed by atoms with E-state index < -0.39 is 0 Å². The molecule has 0 saturated heterocycles. The topological polar surface area (TPSA) is 70.4 Å². The van der Waals surface area contributed by atoms with Crippen LogP contribution >= 0.6 is 0 Å². The highest BCUT2D eigenvalue weighted by molar-refractivity contribution is 5.79. The fourth-order valence-corrected chi connectivity index (χ4v) is 3.58. The average molecular weight is 420 g/mol. The Hall–Kier alpha value is -3.35. The molecule has 31 heavy (non-hydrogen) atoms. The van der Waals surface area contributed by atoms with Crippen molar-refractivity contribution in [1.29, 1.82) is 0 Å². The van der Waals surface area contributed by atoms with Crippen LogP contribution in [0.1, 0.15) is 36.4 Å². The van der Waals surface area contributed by atoms with Crippen molar-refractivity contribution in [1.82, 2.24) is 25.4 Å². The minimum atomic E-state index is 0.646. The lowest BCUT2D eigenvalue weighted by atomic mass is 10.1. The number of hydrogen-bond acceptors (Lipinski definition) is 4. The zero-order chi connectivity index (χ0) is 22.2. The lowest BCUT2D eigenvalue weighted by molar-refractivity contribution is 0.779. The van der Waals surface area contributed by atoms with Crippen LogP contribution in [0.3, 0.4) is 0 Å². The van der Waals surface area contributed by atoms with Gasteiger partial charge in [-0.05, 0) is 57.0 Å². The van der Waals surface area contributed by atoms with E-state index in [1.807, 2.05) is 29.9 Å². The van der Waals surface area contributed by atoms with Crippen LogP contribution in [0.5, 0.6) is 0 Å². The largest absolute Gasteiger partial charge is 0.357 e. The summed E-state index contributed by atoms with van der Waals surface area (Å²) in [4.78, 5) is 11.2. The van der Waals surface area contributed by atoms with Crippen molar-refractivity contribution < 1.29 is 0 Å². The maximum absolute atomic E-state index is 4.63. The molecule has 0 bridgehead atoms. The molecule has 0 saturated carbocycles. The van der Waals surface area contributed by atoms with E-state index >= 15 is 0 Å². The number of nitrogens with one attached hydrogen (secondary N) is 2. The van der Waals surface area contributed by atoms with Crippen LogP contribution in [0.25, 0.3) is 5.69 Å². The van der Waals surface area contributed by atoms with Crippen molar-refractivity contribution in [2.45, 2.75) is 40.8 Å². The molecule has 7 heteroatoms. The Bertz CT molecular complexity index is 1000. The number of guanidine groups is 1. The molecule has 2 N–H and O–H groups in total. The molecule has 0 atom stereocenters. The standard InChI is InChI=1S/C24H33N7/c1-6-30(7-2)23-13-12-20(15-26-23)16-27-24(25-5)28-17-21-10-8-9-11-22(21)31-19(4)14-18(3)29-31/h8-15H,6-7,16-17H2,1-5H3,(H2,25,27,28). The summed E-state index contributed by atoms with van der Waals surface area (Å²) < 4.78 is 1.99. The Morgan fingerprint density at radius 2 is 1.77 bits per heavy atom. The van der Waals surface area contributed by atoms with Gasteiger partial charge in [0, 0.05) is 45.1 Å². The zero-order valence-corrected chi connectivity index (χ0v) is 19.2. The minimum Gasteiger partial charge on any atom is -0.357 e. The fourth-order valence-electron chi connectivity index (χ4n) is 3.58. The minimum absolute atomic E-state index is 0.646. The second kappa shape index (κ2) is 10.6. The van der Waals surface area contributed by atoms with Gasteiger partial charge >= 0.3 is 0 Å². The van der Waals surface area contributed by atoms with Crippen LogP contribution in [-0.4, -0.2) is 40.9 Å². The van der Waals surface area contributed by atoms with E-state index in [1.165, 1.54) is 0 Å². The summed E-state index contributed by atoms with van der Waals surface area (Å²) in [6.07, 6.45) is 1.92. The molecule has 0 aliphatic heterocycles. The van der Waals surface area contributed by atoms with Crippen molar-refractivity contribution >= 4 is 11.8 Å². The Morgan fingerprint density at radius 3 is 2.39 bits per heavy atom. The van der Waals surface area contributed by atoms with Gasteiger partial charge in [0.1, 0.15) is 5.82 Å². The van der Waals surface area contributed by atoms with Crippen LogP contribution in [-0.2, 0) is 13.1 Å². The maximum Gasteiger partial charge on any atom is 0.191 e. The number of aryl methyl sites for hydroxylation is 2. The predicted octanol–water partition coefficient (Wildman–Crippen LogP) is 3.60. The fraction of sp³-hybridized carbons (Fsp3) is 0.375. The van der Waals surface area contributed by atoms with E-state index in [4.69, 9.17) is 0 Å². The summed E-state index contributed by atoms with van der Waals surface area (Å²) >= 11 is 0. The molecule has 2 aromatic heterocycles. The van der Waals surface area contributed by atoms with Crippen LogP contribution < -0.4 is 15.5 Å². The maximum atomic E-state index is 4.63. The Morgan fingerprint density at radius 1 is 1.03 bits per heavy atom. The summed E-state index contributed by atoms with van der Waals surface area (Å²) in [6, 6.07) is 14.6. The summed E-state index contributed by atoms with van der Waals surface area (Å²) in [6.45, 7) is 11.6. The summed E-state index contributed by atoms with van der Waals surface area (Å²) in [5.74, 6) is 1.76. The highest BCUT2D eigenvalue weighted by Gasteiger charge is 2.09. The van der Waals surface area contributed by atoms with Gasteiger partial charge in [0.25, 0.3) is 0 Å². The van der Waals surface area contributed by atoms with E-state index in [-0.39, 0.29) is 0 Å². The van der Waals surface area contributed by atoms with E-state index in [9.17, 15) is 0 Å². The normalized spacial score (nSPS) is 11.5. The lowest BCUT2D eigenvalue weighted by Gasteiger charge is -2.20. The molecular weight excluding hydrogens is 386 g/mol. The third-order valence-corrected chi connectivity index (χ3v) is 5.26.